The molecule has 0 bridgehead atoms. The highest BCUT2D eigenvalue weighted by atomic mass is 16.5. The maximum Gasteiger partial charge on any atom is 0.213 e. The second kappa shape index (κ2) is 16.2. The van der Waals surface area contributed by atoms with Gasteiger partial charge in [-0.2, -0.15) is 0 Å². The Labute approximate surface area is 242 Å². The lowest BCUT2D eigenvalue weighted by Crippen LogP contribution is -2.60. The van der Waals surface area contributed by atoms with Gasteiger partial charge in [-0.25, -0.2) is 4.98 Å². The Hall–Kier alpha value is -3.18. The third-order valence-corrected chi connectivity index (χ3v) is 7.67. The molecule has 0 unspecified atom stereocenters. The minimum Gasteiger partial charge on any atom is -0.474 e. The summed E-state index contributed by atoms with van der Waals surface area (Å²) in [5.41, 5.74) is 6.34. The van der Waals surface area contributed by atoms with E-state index in [0.717, 1.165) is 56.2 Å². The molecule has 0 amide bonds. The van der Waals surface area contributed by atoms with E-state index in [1.807, 2.05) is 53.0 Å². The molecule has 1 spiro atoms. The fourth-order valence-electron chi connectivity index (χ4n) is 5.40. The van der Waals surface area contributed by atoms with E-state index in [-0.39, 0.29) is 6.10 Å². The van der Waals surface area contributed by atoms with Crippen molar-refractivity contribution in [2.45, 2.75) is 80.3 Å². The molecule has 2 aromatic heterocycles. The number of carbonyl (C=O) groups is 1. The average molecular weight is 546 g/mol. The SMILES string of the molecule is C=Cc1c(/C=C\C)n(C)c2cc(-c3ccc(OC(CC)CC)nc3)ccc12.CC.CC.O=CC1CC2(CNC2)C1. The summed E-state index contributed by atoms with van der Waals surface area (Å²) >= 11 is 0. The number of aryl methyl sites for hydroxylation is 1. The summed E-state index contributed by atoms with van der Waals surface area (Å²) in [7, 11) is 2.10. The zero-order valence-corrected chi connectivity index (χ0v) is 26.1. The number of aromatic nitrogens is 2. The van der Waals surface area contributed by atoms with Crippen molar-refractivity contribution in [1.82, 2.24) is 14.9 Å². The lowest BCUT2D eigenvalue weighted by Gasteiger charge is -2.52. The minimum atomic E-state index is 0.227. The van der Waals surface area contributed by atoms with Gasteiger partial charge in [0.15, 0.2) is 0 Å². The number of aldehydes is 1. The summed E-state index contributed by atoms with van der Waals surface area (Å²) in [4.78, 5) is 14.7. The van der Waals surface area contributed by atoms with Crippen LogP contribution in [0.5, 0.6) is 5.88 Å². The van der Waals surface area contributed by atoms with E-state index in [2.05, 4.69) is 78.8 Å². The van der Waals surface area contributed by atoms with Gasteiger partial charge in [-0.1, -0.05) is 72.4 Å². The van der Waals surface area contributed by atoms with Crippen molar-refractivity contribution in [3.63, 3.8) is 0 Å². The molecule has 3 aromatic rings. The van der Waals surface area contributed by atoms with Gasteiger partial charge in [0, 0.05) is 66.0 Å². The predicted molar refractivity (Wildman–Crippen MR) is 173 cm³/mol. The van der Waals surface area contributed by atoms with Crippen molar-refractivity contribution in [1.29, 1.82) is 0 Å². The van der Waals surface area contributed by atoms with Crippen molar-refractivity contribution in [2.75, 3.05) is 13.1 Å². The van der Waals surface area contributed by atoms with E-state index in [9.17, 15) is 4.79 Å². The molecule has 1 saturated heterocycles. The highest BCUT2D eigenvalue weighted by molar-refractivity contribution is 5.96. The monoisotopic (exact) mass is 545 g/mol. The van der Waals surface area contributed by atoms with Gasteiger partial charge in [0.2, 0.25) is 5.88 Å². The Kier molecular flexibility index (Phi) is 13.4. The Morgan fingerprint density at radius 3 is 2.23 bits per heavy atom. The summed E-state index contributed by atoms with van der Waals surface area (Å²) in [5, 5.41) is 4.45. The van der Waals surface area contributed by atoms with Crippen molar-refractivity contribution in [2.24, 2.45) is 18.4 Å². The average Bonchev–Trinajstić information content (AvgIpc) is 3.23. The van der Waals surface area contributed by atoms with Crippen LogP contribution < -0.4 is 10.1 Å². The predicted octanol–water partition coefficient (Wildman–Crippen LogP) is 8.72. The molecule has 0 radical (unpaired) electrons. The first-order valence-corrected chi connectivity index (χ1v) is 15.1. The maximum atomic E-state index is 10.2. The van der Waals surface area contributed by atoms with Crippen molar-refractivity contribution >= 4 is 29.3 Å². The third kappa shape index (κ3) is 7.51. The zero-order valence-electron chi connectivity index (χ0n) is 26.1. The van der Waals surface area contributed by atoms with Crippen LogP contribution in [-0.4, -0.2) is 35.0 Å². The molecule has 1 aliphatic carbocycles. The highest BCUT2D eigenvalue weighted by Gasteiger charge is 2.47. The summed E-state index contributed by atoms with van der Waals surface area (Å²) in [6, 6.07) is 10.6. The van der Waals surface area contributed by atoms with Crippen LogP contribution in [0.1, 0.15) is 85.4 Å². The van der Waals surface area contributed by atoms with Gasteiger partial charge >= 0.3 is 0 Å². The molecule has 5 rings (SSSR count). The van der Waals surface area contributed by atoms with Crippen LogP contribution in [0.4, 0.5) is 0 Å². The Morgan fingerprint density at radius 1 is 1.10 bits per heavy atom. The van der Waals surface area contributed by atoms with Gasteiger partial charge in [0.25, 0.3) is 0 Å². The molecule has 1 saturated carbocycles. The standard InChI is InChI=1S/C24H28N2O.C7H11NO.2C2H6/c1-6-10-22-20(9-4)21-13-11-17(15-23(21)26(22)5)18-12-14-24(25-16-18)27-19(7-2)8-3;9-3-6-1-7(2-6)4-8-5-7;2*1-2/h6,9-16,19H,4,7-8H2,1-3,5H3;3,6,8H,1-2,4-5H2;2*1-2H3/b10-6-;;;. The van der Waals surface area contributed by atoms with Gasteiger partial charge in [0.05, 0.1) is 6.10 Å². The summed E-state index contributed by atoms with van der Waals surface area (Å²) in [5.74, 6) is 1.09. The molecular formula is C35H51N3O2. The number of pyridine rings is 1. The van der Waals surface area contributed by atoms with Gasteiger partial charge in [-0.05, 0) is 61.8 Å². The second-order valence-electron chi connectivity index (χ2n) is 10.1. The largest absolute Gasteiger partial charge is 0.474 e. The molecule has 40 heavy (non-hydrogen) atoms. The lowest BCUT2D eigenvalue weighted by molar-refractivity contribution is -0.120. The minimum absolute atomic E-state index is 0.227. The fourth-order valence-corrected chi connectivity index (χ4v) is 5.40. The van der Waals surface area contributed by atoms with Crippen LogP contribution in [0.2, 0.25) is 0 Å². The van der Waals surface area contributed by atoms with Gasteiger partial charge in [-0.15, -0.1) is 0 Å². The molecule has 5 nitrogen and oxygen atoms in total. The number of nitrogens with one attached hydrogen (secondary N) is 1. The Bertz CT molecular complexity index is 1220. The van der Waals surface area contributed by atoms with E-state index < -0.39 is 0 Å². The second-order valence-corrected chi connectivity index (χ2v) is 10.1. The number of ether oxygens (including phenoxy) is 1. The molecule has 1 aromatic carbocycles. The number of rotatable bonds is 8. The Morgan fingerprint density at radius 2 is 1.75 bits per heavy atom. The van der Waals surface area contributed by atoms with E-state index >= 15 is 0 Å². The van der Waals surface area contributed by atoms with Crippen LogP contribution >= 0.6 is 0 Å². The number of nitrogens with zero attached hydrogens (tertiary/aromatic N) is 2. The number of carbonyl (C=O) groups excluding carboxylic acids is 1. The summed E-state index contributed by atoms with van der Waals surface area (Å²) < 4.78 is 8.14. The van der Waals surface area contributed by atoms with Gasteiger partial charge < -0.3 is 19.4 Å². The van der Waals surface area contributed by atoms with Crippen LogP contribution in [0.25, 0.3) is 34.2 Å². The number of hydrogen-bond acceptors (Lipinski definition) is 4. The van der Waals surface area contributed by atoms with Crippen LogP contribution in [-0.2, 0) is 11.8 Å². The molecule has 2 aliphatic rings. The fraction of sp³-hybridized carbons (Fsp3) is 0.486. The van der Waals surface area contributed by atoms with Crippen LogP contribution in [0, 0.1) is 11.3 Å². The number of allylic oxidation sites excluding steroid dienone is 1. The van der Waals surface area contributed by atoms with Gasteiger partial charge in [-0.3, -0.25) is 0 Å². The van der Waals surface area contributed by atoms with E-state index in [1.165, 1.54) is 22.2 Å². The highest BCUT2D eigenvalue weighted by Crippen LogP contribution is 2.47. The van der Waals surface area contributed by atoms with Gasteiger partial charge in [0.1, 0.15) is 6.29 Å². The molecule has 218 valence electrons. The van der Waals surface area contributed by atoms with Crippen molar-refractivity contribution in [3.05, 3.63) is 60.4 Å². The van der Waals surface area contributed by atoms with E-state index in [4.69, 9.17) is 4.74 Å². The summed E-state index contributed by atoms with van der Waals surface area (Å²) in [6.07, 6.45) is 13.6. The molecule has 1 aliphatic heterocycles. The molecule has 3 heterocycles. The number of fused-ring (bicyclic) bond motifs is 1. The molecule has 5 heteroatoms. The quantitative estimate of drug-likeness (QED) is 0.288. The summed E-state index contributed by atoms with van der Waals surface area (Å²) in [6.45, 7) is 20.6. The molecule has 1 N–H and O–H groups in total. The van der Waals surface area contributed by atoms with Crippen molar-refractivity contribution in [3.8, 4) is 17.0 Å². The van der Waals surface area contributed by atoms with E-state index in [1.54, 1.807) is 0 Å². The third-order valence-electron chi connectivity index (χ3n) is 7.67. The first kappa shape index (κ1) is 33.0. The molecule has 2 fully saturated rings. The molecule has 0 atom stereocenters. The smallest absolute Gasteiger partial charge is 0.213 e. The Balaban J connectivity index is 0.000000356. The van der Waals surface area contributed by atoms with Crippen LogP contribution in [0.15, 0.2) is 49.2 Å². The molecular weight excluding hydrogens is 494 g/mol. The topological polar surface area (TPSA) is 56.2 Å². The normalized spacial score (nSPS) is 15.1. The van der Waals surface area contributed by atoms with E-state index in [0.29, 0.717) is 17.2 Å². The van der Waals surface area contributed by atoms with Crippen molar-refractivity contribution < 1.29 is 9.53 Å². The first-order valence-electron chi connectivity index (χ1n) is 15.1. The van der Waals surface area contributed by atoms with Crippen LogP contribution in [0.3, 0.4) is 0 Å². The number of benzene rings is 1. The lowest BCUT2D eigenvalue weighted by atomic mass is 9.59. The zero-order chi connectivity index (χ0) is 29.7. The first-order chi connectivity index (χ1) is 19.5. The number of hydrogen-bond donors (Lipinski definition) is 1. The maximum absolute atomic E-state index is 10.2.